The normalized spacial score (nSPS) is 11.2. The highest BCUT2D eigenvalue weighted by atomic mass is 16.6. The molecule has 0 rings (SSSR count). The fraction of sp³-hybridized carbons (Fsp3) is 0.850. The van der Waals surface area contributed by atoms with Gasteiger partial charge in [-0.3, -0.25) is 9.59 Å². The molecule has 0 aliphatic heterocycles. The number of carboxylic acid groups (broad SMARTS) is 1. The Morgan fingerprint density at radius 1 is 0.710 bits per heavy atom. The van der Waals surface area contributed by atoms with Crippen LogP contribution >= 0.6 is 0 Å². The lowest BCUT2D eigenvalue weighted by Gasteiger charge is -2.19. The van der Waals surface area contributed by atoms with Crippen molar-refractivity contribution in [1.82, 2.24) is 10.6 Å². The highest BCUT2D eigenvalue weighted by Gasteiger charge is 2.15. The van der Waals surface area contributed by atoms with Crippen LogP contribution in [-0.4, -0.2) is 94.6 Å². The Morgan fingerprint density at radius 2 is 1.23 bits per heavy atom. The summed E-state index contributed by atoms with van der Waals surface area (Å²) in [5, 5.41) is 13.7. The van der Waals surface area contributed by atoms with Crippen molar-refractivity contribution in [3.8, 4) is 0 Å². The van der Waals surface area contributed by atoms with Crippen LogP contribution in [0.1, 0.15) is 40.0 Å². The van der Waals surface area contributed by atoms with Crippen LogP contribution < -0.4 is 10.6 Å². The Morgan fingerprint density at radius 3 is 1.74 bits per heavy atom. The first-order valence-electron chi connectivity index (χ1n) is 10.5. The molecule has 11 nitrogen and oxygen atoms in total. The SMILES string of the molecule is CC(C)(C)OC(=O)NCCOCCOCCOCCOCCCNC(=O)CCC(=O)O. The Balaban J connectivity index is 3.21. The Labute approximate surface area is 184 Å². The molecule has 0 aliphatic carbocycles. The maximum Gasteiger partial charge on any atom is 0.407 e. The molecule has 0 bridgehead atoms. The zero-order valence-corrected chi connectivity index (χ0v) is 18.9. The number of ether oxygens (including phenoxy) is 5. The third kappa shape index (κ3) is 24.2. The highest BCUT2D eigenvalue weighted by Crippen LogP contribution is 2.06. The second kappa shape index (κ2) is 18.8. The summed E-state index contributed by atoms with van der Waals surface area (Å²) < 4.78 is 26.5. The van der Waals surface area contributed by atoms with E-state index in [1.165, 1.54) is 0 Å². The van der Waals surface area contributed by atoms with Crippen molar-refractivity contribution >= 4 is 18.0 Å². The second-order valence-electron chi connectivity index (χ2n) is 7.48. The molecule has 0 aromatic heterocycles. The summed E-state index contributed by atoms with van der Waals surface area (Å²) >= 11 is 0. The van der Waals surface area contributed by atoms with Crippen molar-refractivity contribution in [3.05, 3.63) is 0 Å². The van der Waals surface area contributed by atoms with Gasteiger partial charge in [0.2, 0.25) is 5.91 Å². The smallest absolute Gasteiger partial charge is 0.407 e. The molecule has 11 heteroatoms. The summed E-state index contributed by atoms with van der Waals surface area (Å²) in [6.07, 6.45) is 0.0101. The summed E-state index contributed by atoms with van der Waals surface area (Å²) in [5.41, 5.74) is -0.516. The lowest BCUT2D eigenvalue weighted by Crippen LogP contribution is -2.34. The molecule has 0 fully saturated rings. The number of rotatable bonds is 19. The molecule has 31 heavy (non-hydrogen) atoms. The van der Waals surface area contributed by atoms with Crippen LogP contribution in [0.25, 0.3) is 0 Å². The fourth-order valence-corrected chi connectivity index (χ4v) is 2.01. The molecule has 2 amide bonds. The van der Waals surface area contributed by atoms with Crippen molar-refractivity contribution in [2.75, 3.05) is 65.9 Å². The number of carboxylic acids is 1. The van der Waals surface area contributed by atoms with Gasteiger partial charge in [0.1, 0.15) is 5.60 Å². The van der Waals surface area contributed by atoms with Crippen LogP contribution in [-0.2, 0) is 33.3 Å². The van der Waals surface area contributed by atoms with Gasteiger partial charge in [0.05, 0.1) is 52.7 Å². The number of carbonyl (C=O) groups excluding carboxylic acids is 2. The van der Waals surface area contributed by atoms with Crippen LogP contribution in [0, 0.1) is 0 Å². The quantitative estimate of drug-likeness (QED) is 0.245. The predicted molar refractivity (Wildman–Crippen MR) is 112 cm³/mol. The van der Waals surface area contributed by atoms with Gasteiger partial charge in [-0.25, -0.2) is 4.79 Å². The van der Waals surface area contributed by atoms with E-state index >= 15 is 0 Å². The maximum atomic E-state index is 11.4. The average Bonchev–Trinajstić information content (AvgIpc) is 2.67. The van der Waals surface area contributed by atoms with Gasteiger partial charge in [-0.05, 0) is 27.2 Å². The van der Waals surface area contributed by atoms with Crippen molar-refractivity contribution < 1.29 is 43.2 Å². The summed E-state index contributed by atoms with van der Waals surface area (Å²) in [6.45, 7) is 9.73. The number of aliphatic carboxylic acids is 1. The van der Waals surface area contributed by atoms with E-state index in [9.17, 15) is 14.4 Å². The van der Waals surface area contributed by atoms with Crippen LogP contribution in [0.4, 0.5) is 4.79 Å². The third-order valence-corrected chi connectivity index (χ3v) is 3.38. The molecule has 0 aliphatic rings. The van der Waals surface area contributed by atoms with Crippen molar-refractivity contribution in [2.24, 2.45) is 0 Å². The van der Waals surface area contributed by atoms with Crippen LogP contribution in [0.5, 0.6) is 0 Å². The monoisotopic (exact) mass is 450 g/mol. The number of alkyl carbamates (subject to hydrolysis) is 1. The molecule has 3 N–H and O–H groups in total. The number of hydrogen-bond donors (Lipinski definition) is 3. The zero-order chi connectivity index (χ0) is 23.4. The molecule has 0 saturated heterocycles. The summed E-state index contributed by atoms with van der Waals surface area (Å²) in [6, 6.07) is 0. The first-order chi connectivity index (χ1) is 14.7. The molecule has 0 saturated carbocycles. The molecular weight excluding hydrogens is 412 g/mol. The molecule has 0 heterocycles. The average molecular weight is 451 g/mol. The third-order valence-electron chi connectivity index (χ3n) is 3.38. The minimum absolute atomic E-state index is 0.0104. The van der Waals surface area contributed by atoms with Gasteiger partial charge in [0.25, 0.3) is 0 Å². The molecule has 182 valence electrons. The minimum atomic E-state index is -0.984. The van der Waals surface area contributed by atoms with Gasteiger partial charge in [0.15, 0.2) is 0 Å². The topological polar surface area (TPSA) is 142 Å². The summed E-state index contributed by atoms with van der Waals surface area (Å²) in [5.74, 6) is -1.25. The van der Waals surface area contributed by atoms with Crippen molar-refractivity contribution in [3.63, 3.8) is 0 Å². The van der Waals surface area contributed by atoms with Gasteiger partial charge in [-0.15, -0.1) is 0 Å². The largest absolute Gasteiger partial charge is 0.481 e. The van der Waals surface area contributed by atoms with E-state index in [4.69, 9.17) is 28.8 Å². The van der Waals surface area contributed by atoms with Crippen LogP contribution in [0.3, 0.4) is 0 Å². The molecule has 0 aromatic rings. The minimum Gasteiger partial charge on any atom is -0.481 e. The van der Waals surface area contributed by atoms with Crippen molar-refractivity contribution in [2.45, 2.75) is 45.6 Å². The van der Waals surface area contributed by atoms with E-state index in [0.717, 1.165) is 0 Å². The van der Waals surface area contributed by atoms with Crippen molar-refractivity contribution in [1.29, 1.82) is 0 Å². The van der Waals surface area contributed by atoms with Gasteiger partial charge in [-0.2, -0.15) is 0 Å². The Kier molecular flexibility index (Phi) is 17.6. The highest BCUT2D eigenvalue weighted by molar-refractivity contribution is 5.80. The van der Waals surface area contributed by atoms with Gasteiger partial charge in [0, 0.05) is 26.1 Å². The summed E-state index contributed by atoms with van der Waals surface area (Å²) in [7, 11) is 0. The number of nitrogens with one attached hydrogen (secondary N) is 2. The molecule has 0 radical (unpaired) electrons. The lowest BCUT2D eigenvalue weighted by molar-refractivity contribution is -0.138. The number of carbonyl (C=O) groups is 3. The molecular formula is C20H38N2O9. The van der Waals surface area contributed by atoms with Crippen LogP contribution in [0.2, 0.25) is 0 Å². The zero-order valence-electron chi connectivity index (χ0n) is 18.9. The molecule has 0 aromatic carbocycles. The molecule has 0 unspecified atom stereocenters. The van der Waals surface area contributed by atoms with Crippen LogP contribution in [0.15, 0.2) is 0 Å². The van der Waals surface area contributed by atoms with E-state index in [1.807, 2.05) is 0 Å². The van der Waals surface area contributed by atoms with Gasteiger partial charge < -0.3 is 39.4 Å². The number of amides is 2. The summed E-state index contributed by atoms with van der Waals surface area (Å²) in [4.78, 5) is 33.0. The first kappa shape index (κ1) is 29.1. The van der Waals surface area contributed by atoms with E-state index < -0.39 is 17.7 Å². The van der Waals surface area contributed by atoms with E-state index in [-0.39, 0.29) is 18.7 Å². The lowest BCUT2D eigenvalue weighted by atomic mass is 10.2. The van der Waals surface area contributed by atoms with E-state index in [2.05, 4.69) is 10.6 Å². The first-order valence-corrected chi connectivity index (χ1v) is 10.5. The number of hydrogen-bond acceptors (Lipinski definition) is 8. The molecule has 0 spiro atoms. The predicted octanol–water partition coefficient (Wildman–Crippen LogP) is 0.949. The molecule has 0 atom stereocenters. The fourth-order valence-electron chi connectivity index (χ4n) is 2.01. The Bertz CT molecular complexity index is 496. The maximum absolute atomic E-state index is 11.4. The van der Waals surface area contributed by atoms with E-state index in [0.29, 0.717) is 72.4 Å². The Hall–Kier alpha value is -1.95. The van der Waals surface area contributed by atoms with E-state index in [1.54, 1.807) is 20.8 Å². The second-order valence-corrected chi connectivity index (χ2v) is 7.48. The van der Waals surface area contributed by atoms with Gasteiger partial charge >= 0.3 is 12.1 Å². The van der Waals surface area contributed by atoms with Gasteiger partial charge in [-0.1, -0.05) is 0 Å². The standard InChI is InChI=1S/C20H38N2O9/c1-20(2,3)31-19(26)22-8-10-28-12-14-30-16-15-29-13-11-27-9-4-7-21-17(23)5-6-18(24)25/h4-16H2,1-3H3,(H,21,23)(H,22,26)(H,24,25).